The van der Waals surface area contributed by atoms with Crippen LogP contribution in [0.3, 0.4) is 0 Å². The fourth-order valence-corrected chi connectivity index (χ4v) is 1.17. The van der Waals surface area contributed by atoms with Gasteiger partial charge < -0.3 is 10.5 Å². The Bertz CT molecular complexity index is 151. The summed E-state index contributed by atoms with van der Waals surface area (Å²) in [4.78, 5) is 2.72. The summed E-state index contributed by atoms with van der Waals surface area (Å²) in [6.07, 6.45) is 0.295. The highest BCUT2D eigenvalue weighted by Crippen LogP contribution is 1.91. The van der Waals surface area contributed by atoms with Gasteiger partial charge in [0, 0.05) is 13.1 Å². The third kappa shape index (κ3) is 8.15. The van der Waals surface area contributed by atoms with Crippen LogP contribution in [0.2, 0.25) is 0 Å². The molecule has 0 saturated heterocycles. The highest BCUT2D eigenvalue weighted by atomic mass is 32.1. The predicted octanol–water partition coefficient (Wildman–Crippen LogP) is 1.02. The third-order valence-electron chi connectivity index (χ3n) is 1.69. The van der Waals surface area contributed by atoms with Crippen LogP contribution in [-0.4, -0.2) is 42.2 Å². The molecule has 0 radical (unpaired) electrons. The molecule has 2 N–H and O–H groups in total. The molecule has 78 valence electrons. The second-order valence-corrected chi connectivity index (χ2v) is 3.78. The van der Waals surface area contributed by atoms with Crippen LogP contribution >= 0.6 is 12.2 Å². The molecule has 4 heteroatoms. The van der Waals surface area contributed by atoms with Crippen LogP contribution in [0.4, 0.5) is 0 Å². The molecule has 0 aromatic heterocycles. The molecule has 0 aromatic carbocycles. The maximum absolute atomic E-state index is 5.45. The fraction of sp³-hybridized carbons (Fsp3) is 0.889. The summed E-state index contributed by atoms with van der Waals surface area (Å²) in [5.41, 5.74) is 5.45. The molecule has 0 fully saturated rings. The van der Waals surface area contributed by atoms with Crippen molar-refractivity contribution in [1.82, 2.24) is 4.90 Å². The Hall–Kier alpha value is -0.190. The van der Waals surface area contributed by atoms with E-state index in [0.717, 1.165) is 19.7 Å². The first-order valence-electron chi connectivity index (χ1n) is 4.68. The van der Waals surface area contributed by atoms with Crippen molar-refractivity contribution in [3.63, 3.8) is 0 Å². The van der Waals surface area contributed by atoms with Gasteiger partial charge in [0.15, 0.2) is 0 Å². The summed E-state index contributed by atoms with van der Waals surface area (Å²) in [6, 6.07) is 0. The van der Waals surface area contributed by atoms with Crippen LogP contribution in [-0.2, 0) is 4.74 Å². The van der Waals surface area contributed by atoms with Crippen molar-refractivity contribution < 1.29 is 4.74 Å². The number of likely N-dealkylation sites (N-methyl/N-ethyl adjacent to an activating group) is 1. The first-order chi connectivity index (χ1) is 6.06. The molecule has 0 amide bonds. The van der Waals surface area contributed by atoms with Crippen molar-refractivity contribution in [3.8, 4) is 0 Å². The number of hydrogen-bond acceptors (Lipinski definition) is 3. The lowest BCUT2D eigenvalue weighted by atomic mass is 10.4. The molecule has 0 spiro atoms. The maximum atomic E-state index is 5.45. The van der Waals surface area contributed by atoms with E-state index in [1.807, 2.05) is 13.8 Å². The SMILES string of the molecule is CCN(CCOC(C)C)CC(N)=S. The second kappa shape index (κ2) is 7.24. The average molecular weight is 204 g/mol. The lowest BCUT2D eigenvalue weighted by Crippen LogP contribution is -2.35. The zero-order valence-electron chi connectivity index (χ0n) is 8.75. The van der Waals surface area contributed by atoms with Crippen molar-refractivity contribution in [3.05, 3.63) is 0 Å². The molecular weight excluding hydrogens is 184 g/mol. The normalized spacial score (nSPS) is 11.2. The number of ether oxygens (including phenoxy) is 1. The zero-order chi connectivity index (χ0) is 10.3. The summed E-state index contributed by atoms with van der Waals surface area (Å²) in [5.74, 6) is 0. The zero-order valence-corrected chi connectivity index (χ0v) is 9.56. The maximum Gasteiger partial charge on any atom is 0.0870 e. The van der Waals surface area contributed by atoms with E-state index >= 15 is 0 Å². The quantitative estimate of drug-likeness (QED) is 0.628. The van der Waals surface area contributed by atoms with Crippen LogP contribution in [0.15, 0.2) is 0 Å². The predicted molar refractivity (Wildman–Crippen MR) is 60.0 cm³/mol. The molecule has 0 aromatic rings. The van der Waals surface area contributed by atoms with Gasteiger partial charge in [0.05, 0.1) is 17.7 Å². The van der Waals surface area contributed by atoms with E-state index in [1.54, 1.807) is 0 Å². The summed E-state index contributed by atoms with van der Waals surface area (Å²) in [6.45, 7) is 9.44. The number of hydrogen-bond donors (Lipinski definition) is 1. The molecule has 0 bridgehead atoms. The van der Waals surface area contributed by atoms with Crippen LogP contribution in [0.25, 0.3) is 0 Å². The van der Waals surface area contributed by atoms with Crippen molar-refractivity contribution in [2.24, 2.45) is 5.73 Å². The minimum absolute atomic E-state index is 0.295. The number of rotatable bonds is 7. The molecule has 13 heavy (non-hydrogen) atoms. The molecule has 3 nitrogen and oxygen atoms in total. The monoisotopic (exact) mass is 204 g/mol. The lowest BCUT2D eigenvalue weighted by molar-refractivity contribution is 0.0629. The largest absolute Gasteiger partial charge is 0.392 e. The Morgan fingerprint density at radius 1 is 1.54 bits per heavy atom. The third-order valence-corrected chi connectivity index (χ3v) is 1.81. The summed E-state index contributed by atoms with van der Waals surface area (Å²) in [7, 11) is 0. The van der Waals surface area contributed by atoms with Crippen LogP contribution in [0.5, 0.6) is 0 Å². The van der Waals surface area contributed by atoms with E-state index in [-0.39, 0.29) is 0 Å². The number of thiocarbonyl (C=S) groups is 1. The van der Waals surface area contributed by atoms with Gasteiger partial charge in [-0.1, -0.05) is 19.1 Å². The summed E-state index contributed by atoms with van der Waals surface area (Å²) in [5, 5.41) is 0. The van der Waals surface area contributed by atoms with Crippen molar-refractivity contribution in [2.75, 3.05) is 26.2 Å². The molecule has 0 unspecified atom stereocenters. The van der Waals surface area contributed by atoms with Crippen molar-refractivity contribution in [1.29, 1.82) is 0 Å². The van der Waals surface area contributed by atoms with Gasteiger partial charge in [-0.05, 0) is 20.4 Å². The van der Waals surface area contributed by atoms with Gasteiger partial charge >= 0.3 is 0 Å². The van der Waals surface area contributed by atoms with Gasteiger partial charge in [-0.3, -0.25) is 4.90 Å². The van der Waals surface area contributed by atoms with Gasteiger partial charge in [-0.15, -0.1) is 0 Å². The lowest BCUT2D eigenvalue weighted by Gasteiger charge is -2.19. The molecule has 0 heterocycles. The molecular formula is C9H20N2OS. The number of nitrogens with zero attached hydrogens (tertiary/aromatic N) is 1. The highest BCUT2D eigenvalue weighted by molar-refractivity contribution is 7.80. The molecule has 0 atom stereocenters. The Morgan fingerprint density at radius 3 is 2.54 bits per heavy atom. The van der Waals surface area contributed by atoms with E-state index < -0.39 is 0 Å². The Morgan fingerprint density at radius 2 is 2.15 bits per heavy atom. The van der Waals surface area contributed by atoms with Crippen molar-refractivity contribution >= 4 is 17.2 Å². The molecule has 0 saturated carbocycles. The Balaban J connectivity index is 3.53. The van der Waals surface area contributed by atoms with Gasteiger partial charge in [-0.25, -0.2) is 0 Å². The molecule has 0 aliphatic rings. The Labute approximate surface area is 86.2 Å². The fourth-order valence-electron chi connectivity index (χ4n) is 0.987. The minimum atomic E-state index is 0.295. The van der Waals surface area contributed by atoms with Crippen LogP contribution in [0, 0.1) is 0 Å². The van der Waals surface area contributed by atoms with E-state index in [9.17, 15) is 0 Å². The Kier molecular flexibility index (Phi) is 7.13. The molecule has 0 rings (SSSR count). The highest BCUT2D eigenvalue weighted by Gasteiger charge is 2.03. The first kappa shape index (κ1) is 12.8. The van der Waals surface area contributed by atoms with E-state index in [0.29, 0.717) is 17.6 Å². The van der Waals surface area contributed by atoms with E-state index in [4.69, 9.17) is 22.7 Å². The van der Waals surface area contributed by atoms with Crippen LogP contribution < -0.4 is 5.73 Å². The van der Waals surface area contributed by atoms with E-state index in [1.165, 1.54) is 0 Å². The average Bonchev–Trinajstić information content (AvgIpc) is 2.01. The summed E-state index contributed by atoms with van der Waals surface area (Å²) < 4.78 is 5.43. The van der Waals surface area contributed by atoms with Gasteiger partial charge in [0.25, 0.3) is 0 Å². The van der Waals surface area contributed by atoms with Gasteiger partial charge in [-0.2, -0.15) is 0 Å². The number of nitrogens with two attached hydrogens (primary N) is 1. The smallest absolute Gasteiger partial charge is 0.0870 e. The molecule has 0 aliphatic heterocycles. The first-order valence-corrected chi connectivity index (χ1v) is 5.09. The standard InChI is InChI=1S/C9H20N2OS/c1-4-11(7-9(10)13)5-6-12-8(2)3/h8H,4-7H2,1-3H3,(H2,10,13). The molecule has 0 aliphatic carbocycles. The minimum Gasteiger partial charge on any atom is -0.392 e. The van der Waals surface area contributed by atoms with Gasteiger partial charge in [0.1, 0.15) is 0 Å². The summed E-state index contributed by atoms with van der Waals surface area (Å²) >= 11 is 4.84. The van der Waals surface area contributed by atoms with Gasteiger partial charge in [0.2, 0.25) is 0 Å². The van der Waals surface area contributed by atoms with E-state index in [2.05, 4.69) is 11.8 Å². The second-order valence-electron chi connectivity index (χ2n) is 3.25. The van der Waals surface area contributed by atoms with Crippen molar-refractivity contribution in [2.45, 2.75) is 26.9 Å². The van der Waals surface area contributed by atoms with Crippen LogP contribution in [0.1, 0.15) is 20.8 Å². The topological polar surface area (TPSA) is 38.5 Å².